The summed E-state index contributed by atoms with van der Waals surface area (Å²) in [6.45, 7) is 2.53. The van der Waals surface area contributed by atoms with Crippen LogP contribution in [0.4, 0.5) is 0 Å². The van der Waals surface area contributed by atoms with Crippen LogP contribution in [0.3, 0.4) is 0 Å². The highest BCUT2D eigenvalue weighted by atomic mass is 32.2. The molecule has 19 heavy (non-hydrogen) atoms. The summed E-state index contributed by atoms with van der Waals surface area (Å²) in [5.74, 6) is 0.484. The largest absolute Gasteiger partial charge is 0.497 e. The van der Waals surface area contributed by atoms with E-state index in [1.165, 1.54) is 13.2 Å². The molecule has 2 N–H and O–H groups in total. The van der Waals surface area contributed by atoms with Gasteiger partial charge in [-0.1, -0.05) is 13.0 Å². The molecule has 1 rings (SSSR count). The van der Waals surface area contributed by atoms with E-state index >= 15 is 0 Å². The van der Waals surface area contributed by atoms with Crippen LogP contribution in [0.2, 0.25) is 0 Å². The van der Waals surface area contributed by atoms with Crippen LogP contribution in [-0.2, 0) is 9.84 Å². The highest BCUT2D eigenvalue weighted by Gasteiger charge is 2.20. The maximum Gasteiger partial charge on any atom is 0.180 e. The summed E-state index contributed by atoms with van der Waals surface area (Å²) < 4.78 is 29.6. The van der Waals surface area contributed by atoms with Gasteiger partial charge in [-0.05, 0) is 31.2 Å². The van der Waals surface area contributed by atoms with Crippen LogP contribution >= 0.6 is 0 Å². The summed E-state index contributed by atoms with van der Waals surface area (Å²) in [6.07, 6.45) is 0.414. The molecule has 1 aromatic carbocycles. The van der Waals surface area contributed by atoms with E-state index in [1.54, 1.807) is 18.2 Å². The lowest BCUT2D eigenvalue weighted by atomic mass is 10.2. The third-order valence-electron chi connectivity index (χ3n) is 2.79. The number of sulfone groups is 1. The van der Waals surface area contributed by atoms with Gasteiger partial charge in [-0.2, -0.15) is 0 Å². The van der Waals surface area contributed by atoms with Crippen LogP contribution in [0.15, 0.2) is 29.2 Å². The molecule has 108 valence electrons. The van der Waals surface area contributed by atoms with Crippen LogP contribution in [0.5, 0.6) is 5.75 Å². The van der Waals surface area contributed by atoms with E-state index in [0.717, 1.165) is 0 Å². The van der Waals surface area contributed by atoms with Gasteiger partial charge in [0.1, 0.15) is 5.75 Å². The van der Waals surface area contributed by atoms with Crippen molar-refractivity contribution in [1.82, 2.24) is 5.32 Å². The second-order valence-corrected chi connectivity index (χ2v) is 6.26. The van der Waals surface area contributed by atoms with Crippen molar-refractivity contribution >= 4 is 9.84 Å². The molecule has 1 aromatic rings. The molecule has 6 heteroatoms. The molecule has 0 fully saturated rings. The predicted molar refractivity (Wildman–Crippen MR) is 74.2 cm³/mol. The van der Waals surface area contributed by atoms with Gasteiger partial charge >= 0.3 is 0 Å². The fourth-order valence-corrected chi connectivity index (χ4v) is 3.43. The van der Waals surface area contributed by atoms with Crippen molar-refractivity contribution in [2.45, 2.75) is 24.3 Å². The van der Waals surface area contributed by atoms with Crippen molar-refractivity contribution in [3.8, 4) is 5.75 Å². The van der Waals surface area contributed by atoms with Crippen molar-refractivity contribution in [2.24, 2.45) is 0 Å². The number of benzene rings is 1. The fourth-order valence-electron chi connectivity index (χ4n) is 1.84. The highest BCUT2D eigenvalue weighted by molar-refractivity contribution is 7.91. The lowest BCUT2D eigenvalue weighted by Crippen LogP contribution is -2.36. The smallest absolute Gasteiger partial charge is 0.180 e. The maximum atomic E-state index is 12.3. The van der Waals surface area contributed by atoms with E-state index in [0.29, 0.717) is 18.7 Å². The SMILES string of the molecule is CCNC(CCO)CS(=O)(=O)c1cccc(OC)c1. The number of methoxy groups -OCH3 is 1. The Bertz CT molecular complexity index is 481. The standard InChI is InChI=1S/C13H21NO4S/c1-3-14-11(7-8-15)10-19(16,17)13-6-4-5-12(9-13)18-2/h4-6,9,11,14-15H,3,7-8,10H2,1-2H3. The molecule has 0 aromatic heterocycles. The molecular weight excluding hydrogens is 266 g/mol. The molecule has 1 unspecified atom stereocenters. The first-order chi connectivity index (χ1) is 9.03. The van der Waals surface area contributed by atoms with Gasteiger partial charge in [0.05, 0.1) is 17.8 Å². The average molecular weight is 287 g/mol. The van der Waals surface area contributed by atoms with Gasteiger partial charge in [0, 0.05) is 12.6 Å². The normalized spacial score (nSPS) is 13.2. The Balaban J connectivity index is 2.89. The zero-order valence-corrected chi connectivity index (χ0v) is 12.1. The third kappa shape index (κ3) is 4.81. The zero-order valence-electron chi connectivity index (χ0n) is 11.3. The summed E-state index contributed by atoms with van der Waals surface area (Å²) in [5, 5.41) is 12.0. The predicted octanol–water partition coefficient (Wildman–Crippen LogP) is 0.829. The van der Waals surface area contributed by atoms with E-state index in [-0.39, 0.29) is 23.3 Å². The molecule has 0 aliphatic carbocycles. The Kier molecular flexibility index (Phi) is 6.27. The molecule has 0 aliphatic rings. The van der Waals surface area contributed by atoms with Gasteiger partial charge in [-0.15, -0.1) is 0 Å². The van der Waals surface area contributed by atoms with Gasteiger partial charge in [-0.3, -0.25) is 0 Å². The zero-order chi connectivity index (χ0) is 14.3. The van der Waals surface area contributed by atoms with Crippen molar-refractivity contribution in [3.05, 3.63) is 24.3 Å². The number of aliphatic hydroxyl groups excluding tert-OH is 1. The van der Waals surface area contributed by atoms with E-state index in [1.807, 2.05) is 6.92 Å². The van der Waals surface area contributed by atoms with Crippen LogP contribution in [0.25, 0.3) is 0 Å². The van der Waals surface area contributed by atoms with Crippen molar-refractivity contribution in [2.75, 3.05) is 26.0 Å². The highest BCUT2D eigenvalue weighted by Crippen LogP contribution is 2.19. The molecule has 0 saturated heterocycles. The maximum absolute atomic E-state index is 12.3. The summed E-state index contributed by atoms with van der Waals surface area (Å²) in [4.78, 5) is 0.243. The van der Waals surface area contributed by atoms with Gasteiger partial charge in [0.2, 0.25) is 0 Å². The Hall–Kier alpha value is -1.11. The molecule has 0 heterocycles. The Morgan fingerprint density at radius 2 is 2.16 bits per heavy atom. The first kappa shape index (κ1) is 15.9. The molecule has 0 amide bonds. The second kappa shape index (κ2) is 7.47. The molecule has 1 atom stereocenters. The Labute approximate surface area is 114 Å². The molecule has 0 aliphatic heterocycles. The summed E-state index contributed by atoms with van der Waals surface area (Å²) in [7, 11) is -1.89. The number of aliphatic hydroxyl groups is 1. The molecule has 5 nitrogen and oxygen atoms in total. The third-order valence-corrected chi connectivity index (χ3v) is 4.60. The minimum absolute atomic E-state index is 0.0332. The summed E-state index contributed by atoms with van der Waals surface area (Å²) in [6, 6.07) is 6.18. The summed E-state index contributed by atoms with van der Waals surface area (Å²) >= 11 is 0. The monoisotopic (exact) mass is 287 g/mol. The van der Waals surface area contributed by atoms with Crippen LogP contribution in [-0.4, -0.2) is 45.6 Å². The fraction of sp³-hybridized carbons (Fsp3) is 0.538. The molecule has 0 spiro atoms. The first-order valence-electron chi connectivity index (χ1n) is 6.24. The number of nitrogens with one attached hydrogen (secondary N) is 1. The Morgan fingerprint density at radius 1 is 1.42 bits per heavy atom. The van der Waals surface area contributed by atoms with Gasteiger partial charge < -0.3 is 15.2 Å². The molecule has 0 radical (unpaired) electrons. The topological polar surface area (TPSA) is 75.6 Å². The van der Waals surface area contributed by atoms with E-state index < -0.39 is 9.84 Å². The molecule has 0 saturated carbocycles. The van der Waals surface area contributed by atoms with Crippen molar-refractivity contribution in [1.29, 1.82) is 0 Å². The van der Waals surface area contributed by atoms with Crippen molar-refractivity contribution in [3.63, 3.8) is 0 Å². The van der Waals surface area contributed by atoms with Crippen LogP contribution in [0.1, 0.15) is 13.3 Å². The molecule has 0 bridgehead atoms. The average Bonchev–Trinajstić information content (AvgIpc) is 2.39. The first-order valence-corrected chi connectivity index (χ1v) is 7.89. The van der Waals surface area contributed by atoms with Gasteiger partial charge in [-0.25, -0.2) is 8.42 Å². The Morgan fingerprint density at radius 3 is 2.74 bits per heavy atom. The van der Waals surface area contributed by atoms with Crippen molar-refractivity contribution < 1.29 is 18.3 Å². The lowest BCUT2D eigenvalue weighted by molar-refractivity contribution is 0.270. The van der Waals surface area contributed by atoms with Gasteiger partial charge in [0.15, 0.2) is 9.84 Å². The quantitative estimate of drug-likeness (QED) is 0.740. The second-order valence-electron chi connectivity index (χ2n) is 4.23. The van der Waals surface area contributed by atoms with E-state index in [2.05, 4.69) is 5.32 Å². The lowest BCUT2D eigenvalue weighted by Gasteiger charge is -2.17. The van der Waals surface area contributed by atoms with Gasteiger partial charge in [0.25, 0.3) is 0 Å². The van der Waals surface area contributed by atoms with E-state index in [4.69, 9.17) is 9.84 Å². The number of rotatable bonds is 8. The minimum atomic E-state index is -3.39. The van der Waals surface area contributed by atoms with Crippen LogP contribution in [0, 0.1) is 0 Å². The van der Waals surface area contributed by atoms with E-state index in [9.17, 15) is 8.42 Å². The minimum Gasteiger partial charge on any atom is -0.497 e. The molecular formula is C13H21NO4S. The number of ether oxygens (including phenoxy) is 1. The number of hydrogen-bond donors (Lipinski definition) is 2. The number of hydrogen-bond acceptors (Lipinski definition) is 5. The van der Waals surface area contributed by atoms with Crippen LogP contribution < -0.4 is 10.1 Å². The summed E-state index contributed by atoms with van der Waals surface area (Å²) in [5.41, 5.74) is 0.